The molecule has 2 N–H and O–H groups in total. The summed E-state index contributed by atoms with van der Waals surface area (Å²) in [4.78, 5) is 11.3. The molecule has 3 nitrogen and oxygen atoms in total. The van der Waals surface area contributed by atoms with Gasteiger partial charge >= 0.3 is 0 Å². The van der Waals surface area contributed by atoms with Gasteiger partial charge in [0.05, 0.1) is 15.6 Å². The number of aryl methyl sites for hydroxylation is 1. The van der Waals surface area contributed by atoms with Gasteiger partial charge in [-0.15, -0.1) is 23.1 Å². The first kappa shape index (κ1) is 15.1. The highest BCUT2D eigenvalue weighted by Gasteiger charge is 2.14. The Morgan fingerprint density at radius 2 is 1.91 bits per heavy atom. The van der Waals surface area contributed by atoms with Crippen LogP contribution in [0.4, 0.5) is 5.82 Å². The molecule has 0 unspecified atom stereocenters. The number of benzene rings is 1. The number of nitrogen functional groups attached to an aromatic ring is 1. The third kappa shape index (κ3) is 3.00. The average Bonchev–Trinajstić information content (AvgIpc) is 2.99. The summed E-state index contributed by atoms with van der Waals surface area (Å²) in [5.41, 5.74) is 9.08. The van der Waals surface area contributed by atoms with Crippen LogP contribution in [0.25, 0.3) is 21.7 Å². The maximum Gasteiger partial charge on any atom is 0.123 e. The van der Waals surface area contributed by atoms with Crippen LogP contribution in [0, 0.1) is 0 Å². The molecule has 0 saturated heterocycles. The Labute approximate surface area is 138 Å². The molecule has 0 radical (unpaired) electrons. The van der Waals surface area contributed by atoms with E-state index in [2.05, 4.69) is 42.4 Å². The van der Waals surface area contributed by atoms with Crippen molar-refractivity contribution in [2.45, 2.75) is 18.2 Å². The number of hydrogen-bond acceptors (Lipinski definition) is 5. The van der Waals surface area contributed by atoms with Gasteiger partial charge in [-0.1, -0.05) is 19.1 Å². The lowest BCUT2D eigenvalue weighted by atomic mass is 10.1. The Bertz CT molecular complexity index is 779. The minimum absolute atomic E-state index is 0.535. The number of hydrogen-bond donors (Lipinski definition) is 1. The number of rotatable bonds is 4. The maximum atomic E-state index is 5.83. The first-order valence-corrected chi connectivity index (χ1v) is 9.11. The zero-order valence-electron chi connectivity index (χ0n) is 12.5. The third-order valence-corrected chi connectivity index (χ3v) is 5.37. The van der Waals surface area contributed by atoms with Crippen LogP contribution in [-0.2, 0) is 6.42 Å². The molecule has 5 heteroatoms. The van der Waals surface area contributed by atoms with Crippen molar-refractivity contribution in [3.8, 4) is 21.7 Å². The van der Waals surface area contributed by atoms with Gasteiger partial charge in [-0.05, 0) is 42.5 Å². The van der Waals surface area contributed by atoms with Gasteiger partial charge < -0.3 is 5.73 Å². The molecular formula is C17H17N3S2. The van der Waals surface area contributed by atoms with E-state index in [1.54, 1.807) is 29.3 Å². The molecule has 2 aromatic heterocycles. The molecule has 0 aliphatic carbocycles. The zero-order chi connectivity index (χ0) is 15.5. The fourth-order valence-corrected chi connectivity index (χ4v) is 3.68. The van der Waals surface area contributed by atoms with Gasteiger partial charge in [0.15, 0.2) is 0 Å². The lowest BCUT2D eigenvalue weighted by Crippen LogP contribution is -1.89. The summed E-state index contributed by atoms with van der Waals surface area (Å²) < 4.78 is 0. The summed E-state index contributed by atoms with van der Waals surface area (Å²) in [7, 11) is 0. The van der Waals surface area contributed by atoms with Gasteiger partial charge in [-0.2, -0.15) is 0 Å². The number of anilines is 1. The molecule has 22 heavy (non-hydrogen) atoms. The second kappa shape index (κ2) is 6.50. The van der Waals surface area contributed by atoms with Crippen LogP contribution in [0.3, 0.4) is 0 Å². The largest absolute Gasteiger partial charge is 0.384 e. The molecule has 3 rings (SSSR count). The summed E-state index contributed by atoms with van der Waals surface area (Å²) in [5.74, 6) is 0.535. The molecule has 3 aromatic rings. The fourth-order valence-electron chi connectivity index (χ4n) is 2.25. The van der Waals surface area contributed by atoms with Crippen LogP contribution < -0.4 is 5.73 Å². The molecular weight excluding hydrogens is 310 g/mol. The van der Waals surface area contributed by atoms with Crippen LogP contribution in [0.5, 0.6) is 0 Å². The Hall–Kier alpha value is -1.85. The van der Waals surface area contributed by atoms with Crippen LogP contribution in [0.1, 0.15) is 11.9 Å². The van der Waals surface area contributed by atoms with Gasteiger partial charge in [0, 0.05) is 16.7 Å². The van der Waals surface area contributed by atoms with Crippen molar-refractivity contribution in [2.24, 2.45) is 0 Å². The summed E-state index contributed by atoms with van der Waals surface area (Å²) in [6.45, 7) is 2.13. The number of thiazole rings is 1. The first-order chi connectivity index (χ1) is 10.7. The smallest absolute Gasteiger partial charge is 0.123 e. The van der Waals surface area contributed by atoms with Crippen molar-refractivity contribution in [1.82, 2.24) is 9.97 Å². The highest BCUT2D eigenvalue weighted by Crippen LogP contribution is 2.37. The fraction of sp³-hybridized carbons (Fsp3) is 0.176. The Kier molecular flexibility index (Phi) is 4.45. The summed E-state index contributed by atoms with van der Waals surface area (Å²) in [5, 5.41) is 1.13. The second-order valence-corrected chi connectivity index (χ2v) is 6.80. The van der Waals surface area contributed by atoms with Crippen LogP contribution >= 0.6 is 23.1 Å². The summed E-state index contributed by atoms with van der Waals surface area (Å²) in [6.07, 6.45) is 4.76. The van der Waals surface area contributed by atoms with E-state index in [0.29, 0.717) is 5.82 Å². The van der Waals surface area contributed by atoms with Gasteiger partial charge in [0.25, 0.3) is 0 Å². The van der Waals surface area contributed by atoms with Gasteiger partial charge in [-0.3, -0.25) is 0 Å². The highest BCUT2D eigenvalue weighted by atomic mass is 32.2. The molecule has 0 saturated carbocycles. The van der Waals surface area contributed by atoms with E-state index in [1.807, 2.05) is 12.1 Å². The minimum Gasteiger partial charge on any atom is -0.384 e. The first-order valence-electron chi connectivity index (χ1n) is 7.07. The number of nitrogens with zero attached hydrogens (tertiary/aromatic N) is 2. The van der Waals surface area contributed by atoms with Crippen molar-refractivity contribution < 1.29 is 0 Å². The number of nitrogens with two attached hydrogens (primary N) is 1. The van der Waals surface area contributed by atoms with Crippen LogP contribution in [0.15, 0.2) is 47.5 Å². The minimum atomic E-state index is 0.535. The second-order valence-electron chi connectivity index (χ2n) is 4.84. The van der Waals surface area contributed by atoms with Gasteiger partial charge in [-0.25, -0.2) is 9.97 Å². The van der Waals surface area contributed by atoms with Crippen molar-refractivity contribution in [1.29, 1.82) is 0 Å². The number of thioether (sulfide) groups is 1. The van der Waals surface area contributed by atoms with E-state index in [-0.39, 0.29) is 0 Å². The Morgan fingerprint density at radius 3 is 2.55 bits per heavy atom. The van der Waals surface area contributed by atoms with Crippen molar-refractivity contribution in [3.63, 3.8) is 0 Å². The van der Waals surface area contributed by atoms with Gasteiger partial charge in [0.2, 0.25) is 0 Å². The molecule has 0 spiro atoms. The molecule has 0 aliphatic rings. The van der Waals surface area contributed by atoms with Crippen molar-refractivity contribution >= 4 is 28.9 Å². The Morgan fingerprint density at radius 1 is 1.14 bits per heavy atom. The molecule has 0 amide bonds. The Balaban J connectivity index is 2.12. The predicted molar refractivity (Wildman–Crippen MR) is 96.4 cm³/mol. The molecule has 2 heterocycles. The van der Waals surface area contributed by atoms with E-state index in [1.165, 1.54) is 4.90 Å². The third-order valence-electron chi connectivity index (χ3n) is 3.38. The number of pyridine rings is 1. The standard InChI is InChI=1S/C17H17N3S2/c1-3-15-20-16(11-4-6-13(21-2)7-5-11)17(22-15)12-8-9-19-14(18)10-12/h4-10H,3H2,1-2H3,(H2,18,19). The normalized spacial score (nSPS) is 10.8. The van der Waals surface area contributed by atoms with E-state index in [0.717, 1.165) is 33.1 Å². The van der Waals surface area contributed by atoms with Crippen molar-refractivity contribution in [3.05, 3.63) is 47.6 Å². The predicted octanol–water partition coefficient (Wildman–Crippen LogP) is 4.74. The van der Waals surface area contributed by atoms with E-state index in [4.69, 9.17) is 10.7 Å². The number of aromatic nitrogens is 2. The lowest BCUT2D eigenvalue weighted by molar-refractivity contribution is 1.10. The van der Waals surface area contributed by atoms with E-state index < -0.39 is 0 Å². The van der Waals surface area contributed by atoms with E-state index >= 15 is 0 Å². The molecule has 1 aromatic carbocycles. The molecule has 0 bridgehead atoms. The average molecular weight is 327 g/mol. The zero-order valence-corrected chi connectivity index (χ0v) is 14.2. The molecule has 0 fully saturated rings. The quantitative estimate of drug-likeness (QED) is 0.703. The van der Waals surface area contributed by atoms with Gasteiger partial charge in [0.1, 0.15) is 5.82 Å². The lowest BCUT2D eigenvalue weighted by Gasteiger charge is -2.04. The highest BCUT2D eigenvalue weighted by molar-refractivity contribution is 7.98. The summed E-state index contributed by atoms with van der Waals surface area (Å²) >= 11 is 3.47. The van der Waals surface area contributed by atoms with E-state index in [9.17, 15) is 0 Å². The molecule has 0 atom stereocenters. The SMILES string of the molecule is CCc1nc(-c2ccc(SC)cc2)c(-c2ccnc(N)c2)s1. The maximum absolute atomic E-state index is 5.83. The topological polar surface area (TPSA) is 51.8 Å². The van der Waals surface area contributed by atoms with Crippen molar-refractivity contribution in [2.75, 3.05) is 12.0 Å². The molecule has 0 aliphatic heterocycles. The monoisotopic (exact) mass is 327 g/mol. The molecule has 112 valence electrons. The van der Waals surface area contributed by atoms with Crippen LogP contribution in [-0.4, -0.2) is 16.2 Å². The van der Waals surface area contributed by atoms with Crippen LogP contribution in [0.2, 0.25) is 0 Å². The summed E-state index contributed by atoms with van der Waals surface area (Å²) in [6, 6.07) is 12.4.